The minimum atomic E-state index is 0.505. The van der Waals surface area contributed by atoms with E-state index in [1.54, 1.807) is 6.33 Å². The molecule has 1 N–H and O–H groups in total. The smallest absolute Gasteiger partial charge is 0.157 e. The van der Waals surface area contributed by atoms with Gasteiger partial charge in [-0.3, -0.25) is 0 Å². The van der Waals surface area contributed by atoms with Crippen LogP contribution in [0.3, 0.4) is 0 Å². The number of nitrogens with zero attached hydrogens (tertiary/aromatic N) is 4. The summed E-state index contributed by atoms with van der Waals surface area (Å²) < 4.78 is 1.89. The molecule has 1 aliphatic heterocycles. The number of aromatic nitrogens is 3. The van der Waals surface area contributed by atoms with Crippen molar-refractivity contribution in [2.45, 2.75) is 26.3 Å². The van der Waals surface area contributed by atoms with Gasteiger partial charge < -0.3 is 10.2 Å². The van der Waals surface area contributed by atoms with Crippen LogP contribution < -0.4 is 5.32 Å². The van der Waals surface area contributed by atoms with Crippen molar-refractivity contribution in [3.8, 4) is 0 Å². The second-order valence-corrected chi connectivity index (χ2v) is 5.73. The van der Waals surface area contributed by atoms with Gasteiger partial charge in [0.15, 0.2) is 5.65 Å². The second-order valence-electron chi connectivity index (χ2n) is 5.73. The molecule has 5 heteroatoms. The van der Waals surface area contributed by atoms with E-state index in [-0.39, 0.29) is 0 Å². The van der Waals surface area contributed by atoms with Crippen LogP contribution in [0.15, 0.2) is 18.5 Å². The van der Waals surface area contributed by atoms with Gasteiger partial charge in [-0.2, -0.15) is 9.61 Å². The third kappa shape index (κ3) is 2.42. The van der Waals surface area contributed by atoms with E-state index in [1.807, 2.05) is 4.52 Å². The van der Waals surface area contributed by atoms with Gasteiger partial charge in [0.1, 0.15) is 12.1 Å². The maximum absolute atomic E-state index is 4.30. The first-order chi connectivity index (χ1) is 9.13. The Kier molecular flexibility index (Phi) is 3.14. The molecular weight excluding hydrogens is 238 g/mol. The molecule has 3 rings (SSSR count). The third-order valence-corrected chi connectivity index (χ3v) is 3.97. The molecule has 3 heterocycles. The number of pyridine rings is 1. The van der Waals surface area contributed by atoms with Crippen molar-refractivity contribution in [2.24, 2.45) is 5.92 Å². The summed E-state index contributed by atoms with van der Waals surface area (Å²) >= 11 is 0. The maximum Gasteiger partial charge on any atom is 0.157 e. The number of hydrogen-bond acceptors (Lipinski definition) is 4. The van der Waals surface area contributed by atoms with Gasteiger partial charge in [0.25, 0.3) is 0 Å². The molecule has 102 valence electrons. The standard InChI is InChI=1S/C14H21N5/c1-10-6-13-15-9-16-19(13)14(7-10)17-12-4-5-18(3)8-11(12)2/h6-7,9,11-12,17H,4-5,8H2,1-3H3. The molecule has 2 unspecified atom stereocenters. The van der Waals surface area contributed by atoms with Crippen molar-refractivity contribution >= 4 is 11.5 Å². The average molecular weight is 259 g/mol. The molecule has 2 aromatic rings. The highest BCUT2D eigenvalue weighted by molar-refractivity contribution is 5.51. The van der Waals surface area contributed by atoms with E-state index in [9.17, 15) is 0 Å². The van der Waals surface area contributed by atoms with Crippen molar-refractivity contribution in [3.05, 3.63) is 24.0 Å². The Balaban J connectivity index is 1.86. The first-order valence-electron chi connectivity index (χ1n) is 6.89. The lowest BCUT2D eigenvalue weighted by atomic mass is 9.94. The van der Waals surface area contributed by atoms with E-state index >= 15 is 0 Å². The Morgan fingerprint density at radius 2 is 2.21 bits per heavy atom. The lowest BCUT2D eigenvalue weighted by Crippen LogP contribution is -2.43. The molecule has 1 fully saturated rings. The zero-order chi connectivity index (χ0) is 13.4. The van der Waals surface area contributed by atoms with Crippen LogP contribution in [0, 0.1) is 12.8 Å². The highest BCUT2D eigenvalue weighted by atomic mass is 15.3. The van der Waals surface area contributed by atoms with Gasteiger partial charge in [0.2, 0.25) is 0 Å². The predicted octanol–water partition coefficient (Wildman–Crippen LogP) is 1.79. The summed E-state index contributed by atoms with van der Waals surface area (Å²) in [6.45, 7) is 6.69. The minimum Gasteiger partial charge on any atom is -0.367 e. The van der Waals surface area contributed by atoms with Crippen LogP contribution in [0.4, 0.5) is 5.82 Å². The maximum atomic E-state index is 4.30. The Hall–Kier alpha value is -1.62. The molecule has 2 atom stereocenters. The van der Waals surface area contributed by atoms with E-state index in [4.69, 9.17) is 0 Å². The molecule has 1 saturated heterocycles. The predicted molar refractivity (Wildman–Crippen MR) is 76.4 cm³/mol. The molecule has 19 heavy (non-hydrogen) atoms. The zero-order valence-electron chi connectivity index (χ0n) is 11.8. The normalized spacial score (nSPS) is 24.8. The van der Waals surface area contributed by atoms with Crippen LogP contribution in [0.1, 0.15) is 18.9 Å². The average Bonchev–Trinajstić information content (AvgIpc) is 2.80. The van der Waals surface area contributed by atoms with E-state index < -0.39 is 0 Å². The van der Waals surface area contributed by atoms with Crippen LogP contribution in [0.5, 0.6) is 0 Å². The molecule has 0 aliphatic carbocycles. The molecule has 0 aromatic carbocycles. The van der Waals surface area contributed by atoms with Crippen molar-refractivity contribution in [1.82, 2.24) is 19.5 Å². The molecule has 0 spiro atoms. The monoisotopic (exact) mass is 259 g/mol. The number of rotatable bonds is 2. The number of nitrogens with one attached hydrogen (secondary N) is 1. The van der Waals surface area contributed by atoms with Crippen molar-refractivity contribution < 1.29 is 0 Å². The Bertz CT molecular complexity index is 576. The van der Waals surface area contributed by atoms with Crippen LogP contribution >= 0.6 is 0 Å². The fourth-order valence-corrected chi connectivity index (χ4v) is 2.92. The van der Waals surface area contributed by atoms with Gasteiger partial charge in [-0.15, -0.1) is 0 Å². The number of fused-ring (bicyclic) bond motifs is 1. The third-order valence-electron chi connectivity index (χ3n) is 3.97. The van der Waals surface area contributed by atoms with Gasteiger partial charge in [0.05, 0.1) is 0 Å². The van der Waals surface area contributed by atoms with Gasteiger partial charge in [-0.05, 0) is 50.6 Å². The Labute approximate surface area is 113 Å². The molecule has 0 saturated carbocycles. The molecule has 2 aromatic heterocycles. The summed E-state index contributed by atoms with van der Waals surface area (Å²) in [5.74, 6) is 1.69. The van der Waals surface area contributed by atoms with Gasteiger partial charge >= 0.3 is 0 Å². The quantitative estimate of drug-likeness (QED) is 0.893. The summed E-state index contributed by atoms with van der Waals surface area (Å²) in [6, 6.07) is 4.70. The van der Waals surface area contributed by atoms with Gasteiger partial charge in [-0.1, -0.05) is 6.92 Å². The molecule has 1 aliphatic rings. The van der Waals surface area contributed by atoms with Crippen LogP contribution in [0.2, 0.25) is 0 Å². The van der Waals surface area contributed by atoms with Crippen molar-refractivity contribution in [2.75, 3.05) is 25.5 Å². The fourth-order valence-electron chi connectivity index (χ4n) is 2.92. The Morgan fingerprint density at radius 3 is 3.00 bits per heavy atom. The highest BCUT2D eigenvalue weighted by Gasteiger charge is 2.24. The number of aryl methyl sites for hydroxylation is 1. The molecule has 0 bridgehead atoms. The van der Waals surface area contributed by atoms with E-state index in [2.05, 4.69) is 53.3 Å². The zero-order valence-corrected chi connectivity index (χ0v) is 11.8. The Morgan fingerprint density at radius 1 is 1.37 bits per heavy atom. The highest BCUT2D eigenvalue weighted by Crippen LogP contribution is 2.21. The second kappa shape index (κ2) is 4.81. The van der Waals surface area contributed by atoms with Crippen LogP contribution in [-0.2, 0) is 0 Å². The molecule has 0 amide bonds. The van der Waals surface area contributed by atoms with Crippen molar-refractivity contribution in [3.63, 3.8) is 0 Å². The van der Waals surface area contributed by atoms with Gasteiger partial charge in [0, 0.05) is 12.6 Å². The van der Waals surface area contributed by atoms with Crippen LogP contribution in [0.25, 0.3) is 5.65 Å². The summed E-state index contributed by atoms with van der Waals surface area (Å²) in [5, 5.41) is 7.95. The van der Waals surface area contributed by atoms with Crippen LogP contribution in [-0.4, -0.2) is 45.7 Å². The molecule has 0 radical (unpaired) electrons. The number of likely N-dealkylation sites (tertiary alicyclic amines) is 1. The number of hydrogen-bond donors (Lipinski definition) is 1. The minimum absolute atomic E-state index is 0.505. The summed E-state index contributed by atoms with van der Waals surface area (Å²) in [7, 11) is 2.19. The largest absolute Gasteiger partial charge is 0.367 e. The number of piperidine rings is 1. The van der Waals surface area contributed by atoms with E-state index in [1.165, 1.54) is 12.0 Å². The lowest BCUT2D eigenvalue weighted by Gasteiger charge is -2.35. The van der Waals surface area contributed by atoms with Crippen molar-refractivity contribution in [1.29, 1.82) is 0 Å². The fraction of sp³-hybridized carbons (Fsp3) is 0.571. The topological polar surface area (TPSA) is 45.5 Å². The lowest BCUT2D eigenvalue weighted by molar-refractivity contribution is 0.206. The number of anilines is 1. The summed E-state index contributed by atoms with van der Waals surface area (Å²) in [4.78, 5) is 6.66. The molecular formula is C14H21N5. The first kappa shape index (κ1) is 12.4. The SMILES string of the molecule is Cc1cc(NC2CCN(C)CC2C)n2ncnc2c1. The van der Waals surface area contributed by atoms with E-state index in [0.717, 1.165) is 24.6 Å². The molecule has 5 nitrogen and oxygen atoms in total. The first-order valence-corrected chi connectivity index (χ1v) is 6.89. The van der Waals surface area contributed by atoms with E-state index in [0.29, 0.717) is 12.0 Å². The van der Waals surface area contributed by atoms with Gasteiger partial charge in [-0.25, -0.2) is 4.98 Å². The summed E-state index contributed by atoms with van der Waals surface area (Å²) in [5.41, 5.74) is 2.12. The summed E-state index contributed by atoms with van der Waals surface area (Å²) in [6.07, 6.45) is 2.78.